The summed E-state index contributed by atoms with van der Waals surface area (Å²) in [5.41, 5.74) is 2.34. The quantitative estimate of drug-likeness (QED) is 0.663. The van der Waals surface area contributed by atoms with Gasteiger partial charge in [0.15, 0.2) is 0 Å². The van der Waals surface area contributed by atoms with E-state index in [1.54, 1.807) is 11.4 Å². The van der Waals surface area contributed by atoms with Gasteiger partial charge < -0.3 is 4.74 Å². The van der Waals surface area contributed by atoms with Crippen LogP contribution < -0.4 is 16.0 Å². The van der Waals surface area contributed by atoms with E-state index in [1.165, 1.54) is 36.6 Å². The number of nitrogens with two attached hydrogens (primary N) is 1. The zero-order chi connectivity index (χ0) is 13.1. The molecule has 96 valence electrons. The van der Waals surface area contributed by atoms with Gasteiger partial charge in [0.2, 0.25) is 0 Å². The van der Waals surface area contributed by atoms with Gasteiger partial charge in [-0.25, -0.2) is 14.2 Å². The lowest BCUT2D eigenvalue weighted by atomic mass is 10.0. The summed E-state index contributed by atoms with van der Waals surface area (Å²) in [6, 6.07) is 4.68. The SMILES string of the molecule is COc1csc(C(NN)c2c(F)cccc2F)c1. The maximum absolute atomic E-state index is 13.7. The van der Waals surface area contributed by atoms with E-state index in [-0.39, 0.29) is 5.56 Å². The minimum absolute atomic E-state index is 0.0931. The van der Waals surface area contributed by atoms with Crippen LogP contribution in [0.15, 0.2) is 29.6 Å². The number of halogens is 2. The summed E-state index contributed by atoms with van der Waals surface area (Å²) < 4.78 is 32.4. The highest BCUT2D eigenvalue weighted by Crippen LogP contribution is 2.32. The van der Waals surface area contributed by atoms with Gasteiger partial charge in [0.1, 0.15) is 17.4 Å². The molecule has 1 atom stereocenters. The first-order valence-electron chi connectivity index (χ1n) is 5.19. The number of ether oxygens (including phenoxy) is 1. The highest BCUT2D eigenvalue weighted by molar-refractivity contribution is 7.10. The van der Waals surface area contributed by atoms with Crippen LogP contribution in [0.1, 0.15) is 16.5 Å². The Bertz CT molecular complexity index is 524. The largest absolute Gasteiger partial charge is 0.496 e. The number of thiophene rings is 1. The summed E-state index contributed by atoms with van der Waals surface area (Å²) in [7, 11) is 1.53. The zero-order valence-corrected chi connectivity index (χ0v) is 10.4. The maximum Gasteiger partial charge on any atom is 0.131 e. The summed E-state index contributed by atoms with van der Waals surface area (Å²) in [4.78, 5) is 0.679. The van der Waals surface area contributed by atoms with Gasteiger partial charge in [0.05, 0.1) is 13.2 Å². The fourth-order valence-corrected chi connectivity index (χ4v) is 2.61. The Morgan fingerprint density at radius 3 is 2.50 bits per heavy atom. The maximum atomic E-state index is 13.7. The molecule has 0 spiro atoms. The fourth-order valence-electron chi connectivity index (χ4n) is 1.69. The molecule has 3 N–H and O–H groups in total. The van der Waals surface area contributed by atoms with Crippen LogP contribution in [0.5, 0.6) is 5.75 Å². The van der Waals surface area contributed by atoms with Crippen LogP contribution in [0.2, 0.25) is 0 Å². The first-order valence-corrected chi connectivity index (χ1v) is 6.07. The van der Waals surface area contributed by atoms with Gasteiger partial charge in [-0.3, -0.25) is 5.84 Å². The summed E-state index contributed by atoms with van der Waals surface area (Å²) in [6.07, 6.45) is 0. The molecule has 0 aliphatic heterocycles. The lowest BCUT2D eigenvalue weighted by Crippen LogP contribution is -2.29. The molecular formula is C12H12F2N2OS. The van der Waals surface area contributed by atoms with Crippen molar-refractivity contribution < 1.29 is 13.5 Å². The molecule has 0 radical (unpaired) electrons. The predicted molar refractivity (Wildman–Crippen MR) is 66.4 cm³/mol. The van der Waals surface area contributed by atoms with Crippen LogP contribution in [0.3, 0.4) is 0 Å². The summed E-state index contributed by atoms with van der Waals surface area (Å²) in [5, 5.41) is 1.75. The molecule has 0 amide bonds. The molecule has 3 nitrogen and oxygen atoms in total. The molecular weight excluding hydrogens is 258 g/mol. The number of hydrogen-bond donors (Lipinski definition) is 2. The lowest BCUT2D eigenvalue weighted by molar-refractivity contribution is 0.416. The van der Waals surface area contributed by atoms with Crippen molar-refractivity contribution in [2.24, 2.45) is 5.84 Å². The molecule has 0 saturated heterocycles. The third-order valence-electron chi connectivity index (χ3n) is 2.57. The van der Waals surface area contributed by atoms with Crippen molar-refractivity contribution in [3.63, 3.8) is 0 Å². The summed E-state index contributed by atoms with van der Waals surface area (Å²) in [5.74, 6) is 4.77. The molecule has 6 heteroatoms. The number of benzene rings is 1. The molecule has 18 heavy (non-hydrogen) atoms. The molecule has 0 aliphatic rings. The first-order chi connectivity index (χ1) is 8.67. The highest BCUT2D eigenvalue weighted by Gasteiger charge is 2.22. The Labute approximate surface area is 107 Å². The Hall–Kier alpha value is -1.50. The smallest absolute Gasteiger partial charge is 0.131 e. The second-order valence-corrected chi connectivity index (χ2v) is 4.57. The van der Waals surface area contributed by atoms with Crippen LogP contribution in [0, 0.1) is 11.6 Å². The van der Waals surface area contributed by atoms with Crippen LogP contribution in [0.25, 0.3) is 0 Å². The van der Waals surface area contributed by atoms with E-state index in [4.69, 9.17) is 10.6 Å². The van der Waals surface area contributed by atoms with E-state index in [0.717, 1.165) is 0 Å². The molecule has 0 bridgehead atoms. The molecule has 1 aromatic carbocycles. The molecule has 1 aromatic heterocycles. The van der Waals surface area contributed by atoms with Crippen molar-refractivity contribution in [1.82, 2.24) is 5.43 Å². The van der Waals surface area contributed by atoms with E-state index in [0.29, 0.717) is 10.6 Å². The van der Waals surface area contributed by atoms with Gasteiger partial charge in [0.25, 0.3) is 0 Å². The standard InChI is InChI=1S/C12H12F2N2OS/c1-17-7-5-10(18-6-7)12(16-15)11-8(13)3-2-4-9(11)14/h2-6,12,16H,15H2,1H3. The topological polar surface area (TPSA) is 47.3 Å². The molecule has 2 rings (SSSR count). The minimum atomic E-state index is -0.736. The molecule has 1 unspecified atom stereocenters. The van der Waals surface area contributed by atoms with Crippen LogP contribution in [-0.2, 0) is 0 Å². The number of nitrogens with one attached hydrogen (secondary N) is 1. The van der Waals surface area contributed by atoms with Crippen molar-refractivity contribution in [1.29, 1.82) is 0 Å². The lowest BCUT2D eigenvalue weighted by Gasteiger charge is -2.16. The molecule has 1 heterocycles. The second kappa shape index (κ2) is 5.43. The zero-order valence-electron chi connectivity index (χ0n) is 9.61. The van der Waals surface area contributed by atoms with Gasteiger partial charge in [-0.05, 0) is 18.2 Å². The van der Waals surface area contributed by atoms with E-state index in [2.05, 4.69) is 5.43 Å². The molecule has 0 fully saturated rings. The van der Waals surface area contributed by atoms with Gasteiger partial charge >= 0.3 is 0 Å². The number of hydrazine groups is 1. The third-order valence-corrected chi connectivity index (χ3v) is 3.55. The average molecular weight is 270 g/mol. The monoisotopic (exact) mass is 270 g/mol. The van der Waals surface area contributed by atoms with Crippen LogP contribution in [-0.4, -0.2) is 7.11 Å². The summed E-state index contributed by atoms with van der Waals surface area (Å²) >= 11 is 1.32. The molecule has 0 aliphatic carbocycles. The Morgan fingerprint density at radius 1 is 1.33 bits per heavy atom. The van der Waals surface area contributed by atoms with E-state index >= 15 is 0 Å². The molecule has 0 saturated carbocycles. The van der Waals surface area contributed by atoms with E-state index in [1.807, 2.05) is 0 Å². The predicted octanol–water partition coefficient (Wildman–Crippen LogP) is 2.59. The van der Waals surface area contributed by atoms with Crippen molar-refractivity contribution in [3.8, 4) is 5.75 Å². The Balaban J connectivity index is 2.45. The van der Waals surface area contributed by atoms with Crippen LogP contribution >= 0.6 is 11.3 Å². The van der Waals surface area contributed by atoms with Crippen molar-refractivity contribution in [3.05, 3.63) is 51.7 Å². The Kier molecular flexibility index (Phi) is 3.90. The van der Waals surface area contributed by atoms with Crippen LogP contribution in [0.4, 0.5) is 8.78 Å². The highest BCUT2D eigenvalue weighted by atomic mass is 32.1. The van der Waals surface area contributed by atoms with E-state index < -0.39 is 17.7 Å². The average Bonchev–Trinajstić information content (AvgIpc) is 2.82. The van der Waals surface area contributed by atoms with Crippen molar-refractivity contribution >= 4 is 11.3 Å². The number of methoxy groups -OCH3 is 1. The second-order valence-electron chi connectivity index (χ2n) is 3.62. The van der Waals surface area contributed by atoms with E-state index in [9.17, 15) is 8.78 Å². The first kappa shape index (κ1) is 12.9. The fraction of sp³-hybridized carbons (Fsp3) is 0.167. The number of hydrogen-bond acceptors (Lipinski definition) is 4. The van der Waals surface area contributed by atoms with Gasteiger partial charge in [-0.2, -0.15) is 0 Å². The van der Waals surface area contributed by atoms with Gasteiger partial charge in [-0.1, -0.05) is 6.07 Å². The molecule has 2 aromatic rings. The van der Waals surface area contributed by atoms with Crippen molar-refractivity contribution in [2.75, 3.05) is 7.11 Å². The number of rotatable bonds is 4. The third kappa shape index (κ3) is 2.35. The van der Waals surface area contributed by atoms with Crippen molar-refractivity contribution in [2.45, 2.75) is 6.04 Å². The normalized spacial score (nSPS) is 12.4. The Morgan fingerprint density at radius 2 is 2.00 bits per heavy atom. The minimum Gasteiger partial charge on any atom is -0.496 e. The summed E-state index contributed by atoms with van der Waals surface area (Å²) in [6.45, 7) is 0. The van der Waals surface area contributed by atoms with Gasteiger partial charge in [0, 0.05) is 15.8 Å². The van der Waals surface area contributed by atoms with Gasteiger partial charge in [-0.15, -0.1) is 11.3 Å².